The molecular weight excluding hydrogens is 604 g/mol. The van der Waals surface area contributed by atoms with E-state index in [1.165, 1.54) is 22.3 Å². The number of methoxy groups -OCH3 is 1. The molecule has 8 heteroatoms. The lowest BCUT2D eigenvalue weighted by Crippen LogP contribution is -2.49. The molecule has 0 bridgehead atoms. The molecule has 0 saturated heterocycles. The second-order valence-corrected chi connectivity index (χ2v) is 15.7. The molecule has 3 aromatic rings. The lowest BCUT2D eigenvalue weighted by molar-refractivity contribution is -0.143. The van der Waals surface area contributed by atoms with E-state index in [9.17, 15) is 9.59 Å². The SMILES string of the molecule is COc1ccc(C2CCc3cc(OC(=O)C(C)(C)C)ccc3C2)c(NC(C)Cc2ccc(OCC(C)(C)NC(=O)OC(C)(C)C)cc2)c1. The molecule has 0 fully saturated rings. The molecule has 1 aliphatic rings. The molecule has 3 aromatic carbocycles. The number of ether oxygens (including phenoxy) is 4. The molecule has 0 spiro atoms. The number of alkyl carbamates (subject to hydrolysis) is 1. The van der Waals surface area contributed by atoms with Crippen molar-refractivity contribution >= 4 is 17.7 Å². The molecule has 2 N–H and O–H groups in total. The van der Waals surface area contributed by atoms with Crippen molar-refractivity contribution < 1.29 is 28.5 Å². The molecule has 0 aliphatic heterocycles. The number of aryl methyl sites for hydroxylation is 1. The summed E-state index contributed by atoms with van der Waals surface area (Å²) in [6.07, 6.45) is 3.21. The quantitative estimate of drug-likeness (QED) is 0.157. The van der Waals surface area contributed by atoms with Crippen LogP contribution in [0.15, 0.2) is 60.7 Å². The van der Waals surface area contributed by atoms with E-state index in [2.05, 4.69) is 47.9 Å². The van der Waals surface area contributed by atoms with Gasteiger partial charge in [0.25, 0.3) is 0 Å². The van der Waals surface area contributed by atoms with Crippen molar-refractivity contribution in [3.63, 3.8) is 0 Å². The monoisotopic (exact) mass is 658 g/mol. The van der Waals surface area contributed by atoms with Crippen LogP contribution in [0.4, 0.5) is 10.5 Å². The highest BCUT2D eigenvalue weighted by molar-refractivity contribution is 5.78. The van der Waals surface area contributed by atoms with Crippen LogP contribution in [0.2, 0.25) is 0 Å². The molecule has 0 radical (unpaired) electrons. The molecule has 260 valence electrons. The van der Waals surface area contributed by atoms with Crippen LogP contribution in [0.5, 0.6) is 17.2 Å². The van der Waals surface area contributed by atoms with Crippen LogP contribution in [-0.2, 0) is 28.8 Å². The van der Waals surface area contributed by atoms with Gasteiger partial charge in [-0.2, -0.15) is 0 Å². The number of fused-ring (bicyclic) bond motifs is 1. The number of esters is 1. The van der Waals surface area contributed by atoms with E-state index in [1.807, 2.05) is 85.7 Å². The fraction of sp³-hybridized carbons (Fsp3) is 0.500. The van der Waals surface area contributed by atoms with Gasteiger partial charge in [0.2, 0.25) is 0 Å². The number of rotatable bonds is 11. The standard InChI is InChI=1S/C40H54N2O6/c1-26(21-27-11-16-31(17-12-27)46-25-40(8,9)42-37(44)48-39(5,6)7)41-35-24-32(45-10)19-20-34(35)30-14-13-29-23-33(18-15-28(29)22-30)47-36(43)38(2,3)4/h11-12,15-20,23-24,26,30,41H,13-14,21-22,25H2,1-10H3,(H,42,44). The van der Waals surface area contributed by atoms with Gasteiger partial charge in [0.15, 0.2) is 0 Å². The Kier molecular flexibility index (Phi) is 11.4. The number of carbonyl (C=O) groups is 2. The summed E-state index contributed by atoms with van der Waals surface area (Å²) < 4.78 is 22.6. The first-order valence-corrected chi connectivity index (χ1v) is 16.9. The zero-order chi connectivity index (χ0) is 35.3. The van der Waals surface area contributed by atoms with E-state index >= 15 is 0 Å². The third-order valence-corrected chi connectivity index (χ3v) is 8.24. The Morgan fingerprint density at radius 3 is 2.17 bits per heavy atom. The maximum Gasteiger partial charge on any atom is 0.408 e. The summed E-state index contributed by atoms with van der Waals surface area (Å²) in [5.74, 6) is 2.31. The van der Waals surface area contributed by atoms with Crippen molar-refractivity contribution in [3.05, 3.63) is 82.9 Å². The minimum Gasteiger partial charge on any atom is -0.497 e. The fourth-order valence-corrected chi connectivity index (χ4v) is 5.74. The number of hydrogen-bond acceptors (Lipinski definition) is 7. The topological polar surface area (TPSA) is 95.1 Å². The second kappa shape index (κ2) is 14.9. The molecule has 2 unspecified atom stereocenters. The highest BCUT2D eigenvalue weighted by Gasteiger charge is 2.27. The van der Waals surface area contributed by atoms with Crippen molar-refractivity contribution in [2.45, 2.75) is 111 Å². The number of benzene rings is 3. The molecule has 0 aromatic heterocycles. The maximum atomic E-state index is 12.4. The van der Waals surface area contributed by atoms with Gasteiger partial charge in [-0.25, -0.2) is 4.79 Å². The van der Waals surface area contributed by atoms with Crippen molar-refractivity contribution in [2.75, 3.05) is 19.0 Å². The largest absolute Gasteiger partial charge is 0.497 e. The Labute approximate surface area is 286 Å². The van der Waals surface area contributed by atoms with Crippen molar-refractivity contribution in [1.82, 2.24) is 5.32 Å². The van der Waals surface area contributed by atoms with E-state index in [4.69, 9.17) is 18.9 Å². The van der Waals surface area contributed by atoms with Gasteiger partial charge in [-0.3, -0.25) is 4.79 Å². The van der Waals surface area contributed by atoms with E-state index < -0.39 is 22.6 Å². The zero-order valence-electron chi connectivity index (χ0n) is 30.4. The van der Waals surface area contributed by atoms with Crippen LogP contribution in [0, 0.1) is 5.41 Å². The van der Waals surface area contributed by atoms with Crippen molar-refractivity contribution in [1.29, 1.82) is 0 Å². The summed E-state index contributed by atoms with van der Waals surface area (Å²) in [7, 11) is 1.70. The number of anilines is 1. The number of nitrogens with one attached hydrogen (secondary N) is 2. The Bertz CT molecular complexity index is 1570. The first-order chi connectivity index (χ1) is 22.4. The molecule has 48 heavy (non-hydrogen) atoms. The smallest absolute Gasteiger partial charge is 0.408 e. The van der Waals surface area contributed by atoms with Crippen molar-refractivity contribution in [3.8, 4) is 17.2 Å². The van der Waals surface area contributed by atoms with Gasteiger partial charge in [0.05, 0.1) is 18.1 Å². The van der Waals surface area contributed by atoms with Gasteiger partial charge in [0.1, 0.15) is 29.5 Å². The number of amides is 1. The first-order valence-electron chi connectivity index (χ1n) is 16.9. The first kappa shape index (κ1) is 36.6. The Morgan fingerprint density at radius 2 is 1.52 bits per heavy atom. The highest BCUT2D eigenvalue weighted by Crippen LogP contribution is 2.39. The van der Waals surface area contributed by atoms with Gasteiger partial charge < -0.3 is 29.6 Å². The third kappa shape index (κ3) is 10.7. The van der Waals surface area contributed by atoms with E-state index in [0.717, 1.165) is 42.9 Å². The Balaban J connectivity index is 1.37. The van der Waals surface area contributed by atoms with Gasteiger partial charge in [-0.15, -0.1) is 0 Å². The normalized spacial score (nSPS) is 15.5. The summed E-state index contributed by atoms with van der Waals surface area (Å²) in [6, 6.07) is 20.6. The van der Waals surface area contributed by atoms with E-state index in [1.54, 1.807) is 7.11 Å². The predicted molar refractivity (Wildman–Crippen MR) is 191 cm³/mol. The Morgan fingerprint density at radius 1 is 0.854 bits per heavy atom. The van der Waals surface area contributed by atoms with Crippen molar-refractivity contribution in [2.24, 2.45) is 5.41 Å². The predicted octanol–water partition coefficient (Wildman–Crippen LogP) is 8.64. The van der Waals surface area contributed by atoms with Crippen LogP contribution < -0.4 is 24.8 Å². The molecule has 0 saturated carbocycles. The molecular formula is C40H54N2O6. The van der Waals surface area contributed by atoms with Crippen LogP contribution in [0.25, 0.3) is 0 Å². The van der Waals surface area contributed by atoms with Crippen LogP contribution in [-0.4, -0.2) is 43.0 Å². The Hall–Kier alpha value is -4.20. The van der Waals surface area contributed by atoms with Gasteiger partial charge in [0, 0.05) is 17.8 Å². The zero-order valence-corrected chi connectivity index (χ0v) is 30.4. The summed E-state index contributed by atoms with van der Waals surface area (Å²) in [5, 5.41) is 6.65. The van der Waals surface area contributed by atoms with E-state index in [0.29, 0.717) is 18.3 Å². The van der Waals surface area contributed by atoms with Crippen LogP contribution >= 0.6 is 0 Å². The van der Waals surface area contributed by atoms with Crippen LogP contribution in [0.3, 0.4) is 0 Å². The average Bonchev–Trinajstić information content (AvgIpc) is 2.98. The molecule has 1 amide bonds. The van der Waals surface area contributed by atoms with Crippen LogP contribution in [0.1, 0.15) is 96.9 Å². The lowest BCUT2D eigenvalue weighted by Gasteiger charge is -2.29. The number of carbonyl (C=O) groups excluding carboxylic acids is 2. The lowest BCUT2D eigenvalue weighted by atomic mass is 9.79. The maximum absolute atomic E-state index is 12.4. The van der Waals surface area contributed by atoms with Gasteiger partial charge in [-0.05, 0) is 147 Å². The second-order valence-electron chi connectivity index (χ2n) is 15.7. The van der Waals surface area contributed by atoms with E-state index in [-0.39, 0.29) is 12.0 Å². The molecule has 1 aliphatic carbocycles. The summed E-state index contributed by atoms with van der Waals surface area (Å²) in [5.41, 5.74) is 4.39. The highest BCUT2D eigenvalue weighted by atomic mass is 16.6. The molecule has 0 heterocycles. The van der Waals surface area contributed by atoms with Gasteiger partial charge in [-0.1, -0.05) is 24.3 Å². The summed E-state index contributed by atoms with van der Waals surface area (Å²) in [6.45, 7) is 17.4. The molecule has 2 atom stereocenters. The third-order valence-electron chi connectivity index (χ3n) is 8.24. The minimum absolute atomic E-state index is 0.163. The average molecular weight is 659 g/mol. The molecule has 4 rings (SSSR count). The summed E-state index contributed by atoms with van der Waals surface area (Å²) >= 11 is 0. The molecule has 8 nitrogen and oxygen atoms in total. The number of hydrogen-bond donors (Lipinski definition) is 2. The fourth-order valence-electron chi connectivity index (χ4n) is 5.74. The summed E-state index contributed by atoms with van der Waals surface area (Å²) in [4.78, 5) is 24.6. The minimum atomic E-state index is -0.599. The van der Waals surface area contributed by atoms with Gasteiger partial charge >= 0.3 is 12.1 Å².